The molecule has 1 aromatic rings. The monoisotopic (exact) mass is 262 g/mol. The van der Waals surface area contributed by atoms with Gasteiger partial charge in [0.15, 0.2) is 0 Å². The molecule has 2 heteroatoms. The van der Waals surface area contributed by atoms with Gasteiger partial charge in [0.1, 0.15) is 0 Å². The zero-order chi connectivity index (χ0) is 14.1. The molecule has 0 heterocycles. The highest BCUT2D eigenvalue weighted by molar-refractivity contribution is 5.15. The van der Waals surface area contributed by atoms with E-state index in [2.05, 4.69) is 56.0 Å². The first-order chi connectivity index (χ1) is 9.16. The molecule has 1 unspecified atom stereocenters. The Balaban J connectivity index is 2.68. The molecule has 0 amide bonds. The van der Waals surface area contributed by atoms with Crippen LogP contribution in [-0.2, 0) is 6.54 Å². The maximum atomic E-state index is 6.08. The molecule has 0 aromatic heterocycles. The highest BCUT2D eigenvalue weighted by Gasteiger charge is 2.28. The van der Waals surface area contributed by atoms with Gasteiger partial charge < -0.3 is 5.73 Å². The van der Waals surface area contributed by atoms with Crippen molar-refractivity contribution >= 4 is 0 Å². The van der Waals surface area contributed by atoms with Crippen LogP contribution in [-0.4, -0.2) is 23.5 Å². The Labute approximate surface area is 119 Å². The Morgan fingerprint density at radius 2 is 1.79 bits per heavy atom. The summed E-state index contributed by atoms with van der Waals surface area (Å²) in [5.74, 6) is 0. The van der Waals surface area contributed by atoms with Gasteiger partial charge >= 0.3 is 0 Å². The van der Waals surface area contributed by atoms with Gasteiger partial charge in [-0.1, -0.05) is 63.4 Å². The lowest BCUT2D eigenvalue weighted by molar-refractivity contribution is 0.0965. The van der Waals surface area contributed by atoms with E-state index in [1.807, 2.05) is 0 Å². The molecular weight excluding hydrogens is 232 g/mol. The normalized spacial score (nSPS) is 14.6. The van der Waals surface area contributed by atoms with Crippen molar-refractivity contribution in [3.05, 3.63) is 35.9 Å². The number of rotatable bonds is 9. The van der Waals surface area contributed by atoms with Crippen LogP contribution in [0, 0.1) is 0 Å². The number of likely N-dealkylation sites (N-methyl/N-ethyl adjacent to an activating group) is 1. The summed E-state index contributed by atoms with van der Waals surface area (Å²) in [7, 11) is 0. The van der Waals surface area contributed by atoms with Crippen molar-refractivity contribution in [1.29, 1.82) is 0 Å². The molecule has 2 nitrogen and oxygen atoms in total. The number of hydrogen-bond acceptors (Lipinski definition) is 2. The van der Waals surface area contributed by atoms with E-state index >= 15 is 0 Å². The van der Waals surface area contributed by atoms with Crippen LogP contribution in [0.15, 0.2) is 30.3 Å². The van der Waals surface area contributed by atoms with Crippen molar-refractivity contribution in [2.24, 2.45) is 5.73 Å². The molecule has 1 atom stereocenters. The maximum absolute atomic E-state index is 6.08. The summed E-state index contributed by atoms with van der Waals surface area (Å²) in [5.41, 5.74) is 7.58. The topological polar surface area (TPSA) is 29.3 Å². The number of nitrogens with two attached hydrogens (primary N) is 1. The van der Waals surface area contributed by atoms with Crippen molar-refractivity contribution < 1.29 is 0 Å². The lowest BCUT2D eigenvalue weighted by Crippen LogP contribution is -2.51. The van der Waals surface area contributed by atoms with Gasteiger partial charge in [0.05, 0.1) is 0 Å². The third-order valence-corrected chi connectivity index (χ3v) is 4.12. The largest absolute Gasteiger partial charge is 0.329 e. The maximum Gasteiger partial charge on any atom is 0.0307 e. The molecule has 1 rings (SSSR count). The SMILES string of the molecule is CCCCCC(C)(CN)N(CC)Cc1ccccc1. The predicted molar refractivity (Wildman–Crippen MR) is 84.1 cm³/mol. The molecule has 1 aromatic carbocycles. The summed E-state index contributed by atoms with van der Waals surface area (Å²) in [6.07, 6.45) is 5.04. The Bertz CT molecular complexity index is 336. The molecule has 0 aliphatic rings. The van der Waals surface area contributed by atoms with Gasteiger partial charge in [0.25, 0.3) is 0 Å². The fourth-order valence-corrected chi connectivity index (χ4v) is 2.63. The van der Waals surface area contributed by atoms with Crippen molar-refractivity contribution in [2.45, 2.75) is 58.5 Å². The average Bonchev–Trinajstić information content (AvgIpc) is 2.46. The van der Waals surface area contributed by atoms with E-state index < -0.39 is 0 Å². The summed E-state index contributed by atoms with van der Waals surface area (Å²) in [4.78, 5) is 2.53. The van der Waals surface area contributed by atoms with Crippen molar-refractivity contribution in [3.8, 4) is 0 Å². The van der Waals surface area contributed by atoms with Crippen LogP contribution in [0.4, 0.5) is 0 Å². The molecule has 2 N–H and O–H groups in total. The summed E-state index contributed by atoms with van der Waals surface area (Å²) in [6, 6.07) is 10.7. The second-order valence-electron chi connectivity index (χ2n) is 5.66. The van der Waals surface area contributed by atoms with Crippen LogP contribution in [0.25, 0.3) is 0 Å². The first kappa shape index (κ1) is 16.2. The minimum absolute atomic E-state index is 0.125. The smallest absolute Gasteiger partial charge is 0.0307 e. The number of nitrogens with zero attached hydrogens (tertiary/aromatic N) is 1. The summed E-state index contributed by atoms with van der Waals surface area (Å²) in [6.45, 7) is 9.58. The van der Waals surface area contributed by atoms with Gasteiger partial charge in [-0.25, -0.2) is 0 Å². The van der Waals surface area contributed by atoms with E-state index in [9.17, 15) is 0 Å². The zero-order valence-corrected chi connectivity index (χ0v) is 12.9. The molecule has 0 saturated heterocycles. The van der Waals surface area contributed by atoms with Crippen molar-refractivity contribution in [3.63, 3.8) is 0 Å². The summed E-state index contributed by atoms with van der Waals surface area (Å²) < 4.78 is 0. The number of unbranched alkanes of at least 4 members (excludes halogenated alkanes) is 2. The third kappa shape index (κ3) is 4.96. The minimum Gasteiger partial charge on any atom is -0.329 e. The minimum atomic E-state index is 0.125. The molecule has 0 aliphatic heterocycles. The zero-order valence-electron chi connectivity index (χ0n) is 12.9. The van der Waals surface area contributed by atoms with Crippen LogP contribution in [0.2, 0.25) is 0 Å². The van der Waals surface area contributed by atoms with E-state index in [4.69, 9.17) is 5.73 Å². The highest BCUT2D eigenvalue weighted by Crippen LogP contribution is 2.23. The van der Waals surface area contributed by atoms with Gasteiger partial charge in [-0.05, 0) is 25.5 Å². The van der Waals surface area contributed by atoms with E-state index in [1.165, 1.54) is 31.2 Å². The Morgan fingerprint density at radius 1 is 1.11 bits per heavy atom. The second-order valence-corrected chi connectivity index (χ2v) is 5.66. The lowest BCUT2D eigenvalue weighted by Gasteiger charge is -2.40. The predicted octanol–water partition coefficient (Wildman–Crippen LogP) is 3.81. The van der Waals surface area contributed by atoms with Crippen LogP contribution < -0.4 is 5.73 Å². The lowest BCUT2D eigenvalue weighted by atomic mass is 9.91. The highest BCUT2D eigenvalue weighted by atomic mass is 15.2. The first-order valence-electron chi connectivity index (χ1n) is 7.65. The van der Waals surface area contributed by atoms with Crippen molar-refractivity contribution in [1.82, 2.24) is 4.90 Å². The number of benzene rings is 1. The van der Waals surface area contributed by atoms with E-state index in [0.29, 0.717) is 0 Å². The molecule has 0 bridgehead atoms. The molecule has 0 aliphatic carbocycles. The fourth-order valence-electron chi connectivity index (χ4n) is 2.63. The molecular formula is C17H30N2. The Hall–Kier alpha value is -0.860. The van der Waals surface area contributed by atoms with Gasteiger partial charge in [-0.3, -0.25) is 4.90 Å². The average molecular weight is 262 g/mol. The summed E-state index contributed by atoms with van der Waals surface area (Å²) in [5, 5.41) is 0. The molecule has 0 spiro atoms. The quantitative estimate of drug-likeness (QED) is 0.686. The van der Waals surface area contributed by atoms with Crippen LogP contribution in [0.3, 0.4) is 0 Å². The first-order valence-corrected chi connectivity index (χ1v) is 7.65. The molecule has 0 saturated carbocycles. The van der Waals surface area contributed by atoms with Gasteiger partial charge in [0.2, 0.25) is 0 Å². The van der Waals surface area contributed by atoms with E-state index in [0.717, 1.165) is 19.6 Å². The standard InChI is InChI=1S/C17H30N2/c1-4-6-10-13-17(3,15-18)19(5-2)14-16-11-8-7-9-12-16/h7-9,11-12H,4-6,10,13-15,18H2,1-3H3. The van der Waals surface area contributed by atoms with Crippen LogP contribution in [0.1, 0.15) is 52.0 Å². The molecule has 108 valence electrons. The van der Waals surface area contributed by atoms with Gasteiger partial charge in [-0.2, -0.15) is 0 Å². The van der Waals surface area contributed by atoms with Gasteiger partial charge in [0, 0.05) is 18.6 Å². The van der Waals surface area contributed by atoms with Crippen LogP contribution >= 0.6 is 0 Å². The van der Waals surface area contributed by atoms with Crippen molar-refractivity contribution in [2.75, 3.05) is 13.1 Å². The third-order valence-electron chi connectivity index (χ3n) is 4.12. The Kier molecular flexibility index (Phi) is 7.11. The number of hydrogen-bond donors (Lipinski definition) is 1. The second kappa shape index (κ2) is 8.34. The van der Waals surface area contributed by atoms with Gasteiger partial charge in [-0.15, -0.1) is 0 Å². The molecule has 0 radical (unpaired) electrons. The molecule has 0 fully saturated rings. The van der Waals surface area contributed by atoms with E-state index in [-0.39, 0.29) is 5.54 Å². The fraction of sp³-hybridized carbons (Fsp3) is 0.647. The molecule has 19 heavy (non-hydrogen) atoms. The Morgan fingerprint density at radius 3 is 2.32 bits per heavy atom. The van der Waals surface area contributed by atoms with E-state index in [1.54, 1.807) is 0 Å². The summed E-state index contributed by atoms with van der Waals surface area (Å²) >= 11 is 0. The van der Waals surface area contributed by atoms with Crippen LogP contribution in [0.5, 0.6) is 0 Å².